The minimum absolute atomic E-state index is 0.0277. The summed E-state index contributed by atoms with van der Waals surface area (Å²) in [6.07, 6.45) is 2.44. The molecule has 1 aliphatic rings. The second kappa shape index (κ2) is 4.88. The number of nitrogens with zero attached hydrogens (tertiary/aromatic N) is 1. The van der Waals surface area contributed by atoms with E-state index in [-0.39, 0.29) is 11.8 Å². The number of carbonyl (C=O) groups is 1. The molecule has 19 heavy (non-hydrogen) atoms. The van der Waals surface area contributed by atoms with E-state index in [1.807, 2.05) is 43.3 Å². The molecule has 0 bridgehead atoms. The second-order valence-electron chi connectivity index (χ2n) is 5.10. The summed E-state index contributed by atoms with van der Waals surface area (Å²) in [6.45, 7) is 1.90. The first-order valence-corrected chi connectivity index (χ1v) is 6.65. The van der Waals surface area contributed by atoms with E-state index in [4.69, 9.17) is 0 Å². The van der Waals surface area contributed by atoms with Gasteiger partial charge in [-0.2, -0.15) is 5.10 Å². The zero-order chi connectivity index (χ0) is 13.2. The highest BCUT2D eigenvalue weighted by atomic mass is 16.1. The van der Waals surface area contributed by atoms with Crippen molar-refractivity contribution >= 4 is 11.7 Å². The fourth-order valence-corrected chi connectivity index (χ4v) is 2.13. The van der Waals surface area contributed by atoms with Gasteiger partial charge in [0.1, 0.15) is 0 Å². The number of nitrogens with one attached hydrogen (secondary N) is 2. The zero-order valence-corrected chi connectivity index (χ0v) is 10.9. The van der Waals surface area contributed by atoms with E-state index in [0.717, 1.165) is 11.3 Å². The van der Waals surface area contributed by atoms with Gasteiger partial charge in [0, 0.05) is 17.7 Å². The van der Waals surface area contributed by atoms with Crippen LogP contribution >= 0.6 is 0 Å². The summed E-state index contributed by atoms with van der Waals surface area (Å²) in [4.78, 5) is 12.1. The van der Waals surface area contributed by atoms with Crippen LogP contribution in [0.4, 0.5) is 5.82 Å². The molecule has 2 aromatic rings. The van der Waals surface area contributed by atoms with Crippen LogP contribution in [0.3, 0.4) is 0 Å². The van der Waals surface area contributed by atoms with Gasteiger partial charge in [-0.3, -0.25) is 9.89 Å². The van der Waals surface area contributed by atoms with Gasteiger partial charge < -0.3 is 5.32 Å². The van der Waals surface area contributed by atoms with E-state index in [1.54, 1.807) is 0 Å². The molecule has 0 unspecified atom stereocenters. The molecular formula is C15H17N3O. The maximum atomic E-state index is 12.1. The molecule has 4 heteroatoms. The van der Waals surface area contributed by atoms with Gasteiger partial charge in [-0.25, -0.2) is 0 Å². The van der Waals surface area contributed by atoms with Gasteiger partial charge in [-0.05, 0) is 25.3 Å². The van der Waals surface area contributed by atoms with Crippen molar-refractivity contribution in [1.29, 1.82) is 0 Å². The Morgan fingerprint density at radius 3 is 2.79 bits per heavy atom. The highest BCUT2D eigenvalue weighted by molar-refractivity contribution is 5.94. The van der Waals surface area contributed by atoms with Gasteiger partial charge in [-0.1, -0.05) is 30.3 Å². The van der Waals surface area contributed by atoms with Crippen molar-refractivity contribution in [3.05, 3.63) is 47.7 Å². The maximum Gasteiger partial charge on any atom is 0.232 e. The summed E-state index contributed by atoms with van der Waals surface area (Å²) < 4.78 is 0. The minimum atomic E-state index is -0.178. The summed E-state index contributed by atoms with van der Waals surface area (Å²) in [5, 5.41) is 9.99. The molecule has 2 N–H and O–H groups in total. The lowest BCUT2D eigenvalue weighted by Gasteiger charge is -2.10. The molecule has 4 nitrogen and oxygen atoms in total. The summed E-state index contributed by atoms with van der Waals surface area (Å²) in [5.74, 6) is 1.03. The van der Waals surface area contributed by atoms with Gasteiger partial charge in [0.2, 0.25) is 5.91 Å². The molecule has 0 spiro atoms. The smallest absolute Gasteiger partial charge is 0.232 e. The van der Waals surface area contributed by atoms with Crippen molar-refractivity contribution in [2.45, 2.75) is 31.6 Å². The van der Waals surface area contributed by atoms with Gasteiger partial charge in [0.15, 0.2) is 5.82 Å². The van der Waals surface area contributed by atoms with Crippen LogP contribution in [0.15, 0.2) is 36.4 Å². The predicted octanol–water partition coefficient (Wildman–Crippen LogP) is 3.03. The van der Waals surface area contributed by atoms with E-state index >= 15 is 0 Å². The monoisotopic (exact) mass is 255 g/mol. The van der Waals surface area contributed by atoms with Crippen molar-refractivity contribution in [2.75, 3.05) is 5.32 Å². The molecule has 1 fully saturated rings. The maximum absolute atomic E-state index is 12.1. The average Bonchev–Trinajstić information content (AvgIpc) is 3.20. The van der Waals surface area contributed by atoms with Crippen molar-refractivity contribution in [1.82, 2.24) is 10.2 Å². The summed E-state index contributed by atoms with van der Waals surface area (Å²) >= 11 is 0. The zero-order valence-electron chi connectivity index (χ0n) is 10.9. The lowest BCUT2D eigenvalue weighted by molar-refractivity contribution is -0.117. The van der Waals surface area contributed by atoms with E-state index in [1.165, 1.54) is 12.8 Å². The van der Waals surface area contributed by atoms with E-state index in [2.05, 4.69) is 15.5 Å². The number of hydrogen-bond acceptors (Lipinski definition) is 2. The summed E-state index contributed by atoms with van der Waals surface area (Å²) in [7, 11) is 0. The highest BCUT2D eigenvalue weighted by Crippen LogP contribution is 2.39. The number of carbonyl (C=O) groups excluding carboxylic acids is 1. The molecule has 0 radical (unpaired) electrons. The van der Waals surface area contributed by atoms with E-state index < -0.39 is 0 Å². The number of H-pyrrole nitrogens is 1. The quantitative estimate of drug-likeness (QED) is 0.882. The van der Waals surface area contributed by atoms with Crippen LogP contribution in [-0.4, -0.2) is 16.1 Å². The third kappa shape index (κ3) is 2.67. The molecule has 98 valence electrons. The lowest BCUT2D eigenvalue weighted by atomic mass is 10.0. The largest absolute Gasteiger partial charge is 0.309 e. The van der Waals surface area contributed by atoms with Crippen LogP contribution < -0.4 is 5.32 Å². The third-order valence-corrected chi connectivity index (χ3v) is 3.56. The Bertz CT molecular complexity index is 572. The van der Waals surface area contributed by atoms with Gasteiger partial charge in [0.05, 0.1) is 5.92 Å². The molecule has 1 aromatic carbocycles. The average molecular weight is 255 g/mol. The fraction of sp³-hybridized carbons (Fsp3) is 0.333. The lowest BCUT2D eigenvalue weighted by Crippen LogP contribution is -2.19. The number of anilines is 1. The van der Waals surface area contributed by atoms with E-state index in [0.29, 0.717) is 11.7 Å². The molecular weight excluding hydrogens is 238 g/mol. The molecule has 1 aliphatic carbocycles. The molecule has 3 rings (SSSR count). The molecule has 1 amide bonds. The van der Waals surface area contributed by atoms with Crippen LogP contribution in [0.5, 0.6) is 0 Å². The number of rotatable bonds is 4. The molecule has 1 saturated carbocycles. The van der Waals surface area contributed by atoms with Crippen LogP contribution in [0.25, 0.3) is 0 Å². The Morgan fingerprint density at radius 1 is 1.37 bits per heavy atom. The molecule has 0 saturated heterocycles. The molecule has 0 aliphatic heterocycles. The highest BCUT2D eigenvalue weighted by Gasteiger charge is 2.26. The first kappa shape index (κ1) is 12.0. The van der Waals surface area contributed by atoms with Crippen LogP contribution in [-0.2, 0) is 4.79 Å². The first-order chi connectivity index (χ1) is 9.24. The van der Waals surface area contributed by atoms with Crippen molar-refractivity contribution in [3.8, 4) is 0 Å². The molecule has 1 heterocycles. The molecule has 1 aromatic heterocycles. The number of amides is 1. The predicted molar refractivity (Wildman–Crippen MR) is 74.0 cm³/mol. The SMILES string of the molecule is C[C@H](C(=O)Nc1cc(C2CC2)[nH]n1)c1ccccc1. The van der Waals surface area contributed by atoms with Crippen molar-refractivity contribution in [2.24, 2.45) is 0 Å². The topological polar surface area (TPSA) is 57.8 Å². The normalized spacial score (nSPS) is 16.1. The Kier molecular flexibility index (Phi) is 3.07. The van der Waals surface area contributed by atoms with Crippen molar-refractivity contribution in [3.63, 3.8) is 0 Å². The van der Waals surface area contributed by atoms with Crippen LogP contribution in [0.1, 0.15) is 42.9 Å². The summed E-state index contributed by atoms with van der Waals surface area (Å²) in [6, 6.07) is 11.7. The second-order valence-corrected chi connectivity index (χ2v) is 5.10. The Balaban J connectivity index is 1.66. The number of hydrogen-bond donors (Lipinski definition) is 2. The number of benzene rings is 1. The Hall–Kier alpha value is -2.10. The molecule has 1 atom stereocenters. The summed E-state index contributed by atoms with van der Waals surface area (Å²) in [5.41, 5.74) is 2.14. The Labute approximate surface area is 112 Å². The van der Waals surface area contributed by atoms with E-state index in [9.17, 15) is 4.79 Å². The number of aromatic nitrogens is 2. The fourth-order valence-electron chi connectivity index (χ4n) is 2.13. The van der Waals surface area contributed by atoms with Gasteiger partial charge >= 0.3 is 0 Å². The standard InChI is InChI=1S/C15H17N3O/c1-10(11-5-3-2-4-6-11)15(19)16-14-9-13(17-18-14)12-7-8-12/h2-6,9-10,12H,7-8H2,1H3,(H2,16,17,18,19)/t10-/m0/s1. The first-order valence-electron chi connectivity index (χ1n) is 6.65. The van der Waals surface area contributed by atoms with Gasteiger partial charge in [0.25, 0.3) is 0 Å². The van der Waals surface area contributed by atoms with Gasteiger partial charge in [-0.15, -0.1) is 0 Å². The number of aromatic amines is 1. The van der Waals surface area contributed by atoms with Crippen LogP contribution in [0.2, 0.25) is 0 Å². The third-order valence-electron chi connectivity index (χ3n) is 3.56. The van der Waals surface area contributed by atoms with Crippen molar-refractivity contribution < 1.29 is 4.79 Å². The Morgan fingerprint density at radius 2 is 2.11 bits per heavy atom. The minimum Gasteiger partial charge on any atom is -0.309 e. The van der Waals surface area contributed by atoms with Crippen LogP contribution in [0, 0.1) is 0 Å².